The number of ether oxygens (including phenoxy) is 2. The van der Waals surface area contributed by atoms with Crippen LogP contribution in [0.3, 0.4) is 0 Å². The van der Waals surface area contributed by atoms with Crippen LogP contribution >= 0.6 is 0 Å². The fraction of sp³-hybridized carbons (Fsp3) is 0.100. The molecule has 5 nitrogen and oxygen atoms in total. The van der Waals surface area contributed by atoms with Gasteiger partial charge in [-0.25, -0.2) is 5.43 Å². The minimum Gasteiger partial charge on any atom is -0.497 e. The van der Waals surface area contributed by atoms with Gasteiger partial charge in [0, 0.05) is 11.1 Å². The van der Waals surface area contributed by atoms with Gasteiger partial charge < -0.3 is 9.47 Å². The zero-order valence-electron chi connectivity index (χ0n) is 14.0. The van der Waals surface area contributed by atoms with E-state index in [-0.39, 0.29) is 5.91 Å². The number of amides is 1. The van der Waals surface area contributed by atoms with Crippen molar-refractivity contribution >= 4 is 22.9 Å². The Hall–Kier alpha value is -3.34. The van der Waals surface area contributed by atoms with E-state index in [0.29, 0.717) is 17.1 Å². The third kappa shape index (κ3) is 3.61. The summed E-state index contributed by atoms with van der Waals surface area (Å²) >= 11 is 0. The van der Waals surface area contributed by atoms with Gasteiger partial charge in [0.25, 0.3) is 5.91 Å². The normalized spacial score (nSPS) is 10.8. The molecule has 0 aliphatic rings. The summed E-state index contributed by atoms with van der Waals surface area (Å²) in [5.41, 5.74) is 3.85. The van der Waals surface area contributed by atoms with Crippen LogP contribution in [-0.2, 0) is 0 Å². The van der Waals surface area contributed by atoms with E-state index in [0.717, 1.165) is 16.3 Å². The first kappa shape index (κ1) is 16.5. The highest BCUT2D eigenvalue weighted by molar-refractivity contribution is 6.03. The number of nitrogens with zero attached hydrogens (tertiary/aromatic N) is 1. The second-order valence-corrected chi connectivity index (χ2v) is 5.33. The minimum absolute atomic E-state index is 0.293. The number of hydrogen-bond acceptors (Lipinski definition) is 4. The van der Waals surface area contributed by atoms with Crippen LogP contribution in [0.25, 0.3) is 10.8 Å². The molecule has 0 atom stereocenters. The Morgan fingerprint density at radius 3 is 2.44 bits per heavy atom. The number of rotatable bonds is 5. The number of nitrogens with one attached hydrogen (secondary N) is 1. The van der Waals surface area contributed by atoms with E-state index in [2.05, 4.69) is 10.5 Å². The van der Waals surface area contributed by atoms with E-state index in [1.54, 1.807) is 44.7 Å². The third-order valence-corrected chi connectivity index (χ3v) is 3.86. The van der Waals surface area contributed by atoms with Crippen molar-refractivity contribution in [1.82, 2.24) is 5.43 Å². The van der Waals surface area contributed by atoms with Crippen molar-refractivity contribution in [3.8, 4) is 11.5 Å². The predicted molar refractivity (Wildman–Crippen MR) is 98.6 cm³/mol. The second kappa shape index (κ2) is 7.49. The van der Waals surface area contributed by atoms with Gasteiger partial charge in [-0.05, 0) is 41.1 Å². The Labute approximate surface area is 145 Å². The van der Waals surface area contributed by atoms with Gasteiger partial charge in [0.05, 0.1) is 20.4 Å². The number of hydrazone groups is 1. The summed E-state index contributed by atoms with van der Waals surface area (Å²) in [5.74, 6) is 1.10. The van der Waals surface area contributed by atoms with Gasteiger partial charge in [-0.3, -0.25) is 4.79 Å². The zero-order valence-corrected chi connectivity index (χ0v) is 14.0. The van der Waals surface area contributed by atoms with Gasteiger partial charge in [-0.15, -0.1) is 0 Å². The number of hydrogen-bond donors (Lipinski definition) is 1. The molecule has 25 heavy (non-hydrogen) atoms. The zero-order chi connectivity index (χ0) is 17.6. The Morgan fingerprint density at radius 1 is 0.960 bits per heavy atom. The molecule has 0 heterocycles. The summed E-state index contributed by atoms with van der Waals surface area (Å²) in [4.78, 5) is 12.2. The SMILES string of the molecule is COc1ccc(C(=O)N/N=C\c2c(OC)ccc3ccccc23)cc1. The highest BCUT2D eigenvalue weighted by Gasteiger charge is 2.07. The molecule has 0 spiro atoms. The van der Waals surface area contributed by atoms with E-state index < -0.39 is 0 Å². The molecular formula is C20H18N2O3. The maximum absolute atomic E-state index is 12.2. The summed E-state index contributed by atoms with van der Waals surface area (Å²) in [6.45, 7) is 0. The third-order valence-electron chi connectivity index (χ3n) is 3.86. The molecule has 0 fully saturated rings. The van der Waals surface area contributed by atoms with Crippen LogP contribution in [0.2, 0.25) is 0 Å². The second-order valence-electron chi connectivity index (χ2n) is 5.33. The van der Waals surface area contributed by atoms with Gasteiger partial charge in [0.1, 0.15) is 11.5 Å². The van der Waals surface area contributed by atoms with E-state index in [1.807, 2.05) is 36.4 Å². The standard InChI is InChI=1S/C20H18N2O3/c1-24-16-10-7-15(8-11-16)20(23)22-21-13-18-17-6-4-3-5-14(17)9-12-19(18)25-2/h3-13H,1-2H3,(H,22,23)/b21-13-. The van der Waals surface area contributed by atoms with Crippen molar-refractivity contribution in [2.75, 3.05) is 14.2 Å². The lowest BCUT2D eigenvalue weighted by atomic mass is 10.0. The molecule has 0 radical (unpaired) electrons. The van der Waals surface area contributed by atoms with Gasteiger partial charge >= 0.3 is 0 Å². The van der Waals surface area contributed by atoms with E-state index in [4.69, 9.17) is 9.47 Å². The summed E-state index contributed by atoms with van der Waals surface area (Å²) in [6.07, 6.45) is 1.60. The largest absolute Gasteiger partial charge is 0.497 e. The van der Waals surface area contributed by atoms with Crippen molar-refractivity contribution in [2.24, 2.45) is 5.10 Å². The van der Waals surface area contributed by atoms with Crippen molar-refractivity contribution in [1.29, 1.82) is 0 Å². The molecule has 0 aliphatic heterocycles. The fourth-order valence-corrected chi connectivity index (χ4v) is 2.55. The van der Waals surface area contributed by atoms with Crippen LogP contribution in [0.1, 0.15) is 15.9 Å². The van der Waals surface area contributed by atoms with E-state index in [1.165, 1.54) is 0 Å². The first-order chi connectivity index (χ1) is 12.2. The molecule has 0 aliphatic carbocycles. The average molecular weight is 334 g/mol. The van der Waals surface area contributed by atoms with E-state index in [9.17, 15) is 4.79 Å². The van der Waals surface area contributed by atoms with Crippen LogP contribution in [0, 0.1) is 0 Å². The number of benzene rings is 3. The maximum atomic E-state index is 12.2. The molecule has 0 saturated carbocycles. The quantitative estimate of drug-likeness (QED) is 0.573. The molecule has 3 aromatic carbocycles. The van der Waals surface area contributed by atoms with Gasteiger partial charge in [0.15, 0.2) is 0 Å². The highest BCUT2D eigenvalue weighted by Crippen LogP contribution is 2.26. The molecule has 0 saturated heterocycles. The first-order valence-corrected chi connectivity index (χ1v) is 7.76. The smallest absolute Gasteiger partial charge is 0.271 e. The van der Waals surface area contributed by atoms with Gasteiger partial charge in [-0.1, -0.05) is 30.3 Å². The predicted octanol–water partition coefficient (Wildman–Crippen LogP) is 3.62. The summed E-state index contributed by atoms with van der Waals surface area (Å²) in [5, 5.41) is 6.16. The Balaban J connectivity index is 1.81. The van der Waals surface area contributed by atoms with E-state index >= 15 is 0 Å². The lowest BCUT2D eigenvalue weighted by Gasteiger charge is -2.08. The molecule has 0 bridgehead atoms. The van der Waals surface area contributed by atoms with Crippen LogP contribution in [0.15, 0.2) is 65.8 Å². The summed E-state index contributed by atoms with van der Waals surface area (Å²) in [7, 11) is 3.19. The van der Waals surface area contributed by atoms with Crippen molar-refractivity contribution in [2.45, 2.75) is 0 Å². The van der Waals surface area contributed by atoms with Crippen molar-refractivity contribution in [3.63, 3.8) is 0 Å². The Morgan fingerprint density at radius 2 is 1.72 bits per heavy atom. The topological polar surface area (TPSA) is 59.9 Å². The van der Waals surface area contributed by atoms with Crippen molar-refractivity contribution < 1.29 is 14.3 Å². The lowest BCUT2D eigenvalue weighted by Crippen LogP contribution is -2.17. The highest BCUT2D eigenvalue weighted by atomic mass is 16.5. The van der Waals surface area contributed by atoms with Crippen LogP contribution < -0.4 is 14.9 Å². The first-order valence-electron chi connectivity index (χ1n) is 7.76. The van der Waals surface area contributed by atoms with Gasteiger partial charge in [-0.2, -0.15) is 5.10 Å². The van der Waals surface area contributed by atoms with Crippen LogP contribution in [0.5, 0.6) is 11.5 Å². The molecule has 1 N–H and O–H groups in total. The van der Waals surface area contributed by atoms with Crippen molar-refractivity contribution in [3.05, 3.63) is 71.8 Å². The fourth-order valence-electron chi connectivity index (χ4n) is 2.55. The Bertz CT molecular complexity index is 918. The molecule has 0 aromatic heterocycles. The molecule has 126 valence electrons. The maximum Gasteiger partial charge on any atom is 0.271 e. The molecule has 3 aromatic rings. The number of fused-ring (bicyclic) bond motifs is 1. The number of methoxy groups -OCH3 is 2. The minimum atomic E-state index is -0.293. The number of carbonyl (C=O) groups is 1. The molecule has 0 unspecified atom stereocenters. The summed E-state index contributed by atoms with van der Waals surface area (Å²) in [6, 6.07) is 18.6. The average Bonchev–Trinajstić information content (AvgIpc) is 2.68. The lowest BCUT2D eigenvalue weighted by molar-refractivity contribution is 0.0955. The molecule has 5 heteroatoms. The van der Waals surface area contributed by atoms with Crippen LogP contribution in [0.4, 0.5) is 0 Å². The Kier molecular flexibility index (Phi) is 4.95. The molecule has 1 amide bonds. The summed E-state index contributed by atoms with van der Waals surface area (Å²) < 4.78 is 10.5. The van der Waals surface area contributed by atoms with Crippen LogP contribution in [-0.4, -0.2) is 26.3 Å². The molecule has 3 rings (SSSR count). The van der Waals surface area contributed by atoms with Gasteiger partial charge in [0.2, 0.25) is 0 Å². The molecular weight excluding hydrogens is 316 g/mol. The monoisotopic (exact) mass is 334 g/mol. The number of carbonyl (C=O) groups excluding carboxylic acids is 1.